The van der Waals surface area contributed by atoms with Crippen LogP contribution in [0.15, 0.2) is 76.4 Å². The minimum atomic E-state index is -4.00. The average Bonchev–Trinajstić information content (AvgIpc) is 3.15. The van der Waals surface area contributed by atoms with Gasteiger partial charge in [-0.2, -0.15) is 4.31 Å². The Balaban J connectivity index is 1.98. The Hall–Kier alpha value is -3.04. The number of sulfonamides is 1. The van der Waals surface area contributed by atoms with Crippen LogP contribution in [-0.4, -0.2) is 22.6 Å². The van der Waals surface area contributed by atoms with E-state index in [0.717, 1.165) is 6.07 Å². The lowest BCUT2D eigenvalue weighted by atomic mass is 10.3. The van der Waals surface area contributed by atoms with E-state index in [9.17, 15) is 18.5 Å². The normalized spacial score (nSPS) is 11.6. The maximum absolute atomic E-state index is 13.1. The Kier molecular flexibility index (Phi) is 5.10. The smallest absolute Gasteiger partial charge is 0.270 e. The first-order chi connectivity index (χ1) is 12.5. The maximum atomic E-state index is 13.1. The first-order valence-electron chi connectivity index (χ1n) is 7.64. The number of hydrogen-bond acceptors (Lipinski definition) is 6. The molecule has 0 spiro atoms. The van der Waals surface area contributed by atoms with Crippen LogP contribution in [-0.2, 0) is 23.1 Å². The molecule has 0 fully saturated rings. The average molecular weight is 373 g/mol. The third-order valence-electron chi connectivity index (χ3n) is 3.64. The highest BCUT2D eigenvalue weighted by molar-refractivity contribution is 7.89. The molecule has 134 valence electrons. The van der Waals surface area contributed by atoms with Crippen LogP contribution < -0.4 is 0 Å². The van der Waals surface area contributed by atoms with Crippen molar-refractivity contribution in [2.45, 2.75) is 18.0 Å². The second kappa shape index (κ2) is 7.46. The van der Waals surface area contributed by atoms with E-state index in [0.29, 0.717) is 11.5 Å². The number of nitrogens with zero attached hydrogens (tertiary/aromatic N) is 3. The summed E-state index contributed by atoms with van der Waals surface area (Å²) in [6.07, 6.45) is 3.02. The second-order valence-electron chi connectivity index (χ2n) is 5.43. The zero-order valence-electron chi connectivity index (χ0n) is 13.6. The second-order valence-corrected chi connectivity index (χ2v) is 7.37. The molecule has 0 amide bonds. The molecule has 0 aliphatic heterocycles. The van der Waals surface area contributed by atoms with Gasteiger partial charge in [-0.25, -0.2) is 8.42 Å². The fourth-order valence-electron chi connectivity index (χ4n) is 2.38. The summed E-state index contributed by atoms with van der Waals surface area (Å²) < 4.78 is 32.6. The van der Waals surface area contributed by atoms with Gasteiger partial charge in [-0.1, -0.05) is 12.1 Å². The van der Waals surface area contributed by atoms with Crippen LogP contribution in [0, 0.1) is 10.1 Å². The van der Waals surface area contributed by atoms with Gasteiger partial charge in [0.1, 0.15) is 5.76 Å². The van der Waals surface area contributed by atoms with Gasteiger partial charge in [0.25, 0.3) is 5.69 Å². The van der Waals surface area contributed by atoms with Crippen LogP contribution >= 0.6 is 0 Å². The number of non-ortho nitro benzene ring substituents is 1. The molecule has 8 nitrogen and oxygen atoms in total. The highest BCUT2D eigenvalue weighted by atomic mass is 32.2. The predicted molar refractivity (Wildman–Crippen MR) is 92.5 cm³/mol. The van der Waals surface area contributed by atoms with Crippen LogP contribution in [0.5, 0.6) is 0 Å². The van der Waals surface area contributed by atoms with Crippen LogP contribution in [0.4, 0.5) is 5.69 Å². The molecule has 0 aliphatic rings. The number of nitro groups is 1. The number of furan rings is 1. The number of aromatic nitrogens is 1. The van der Waals surface area contributed by atoms with E-state index in [4.69, 9.17) is 4.42 Å². The van der Waals surface area contributed by atoms with Crippen molar-refractivity contribution in [3.63, 3.8) is 0 Å². The Morgan fingerprint density at radius 1 is 1.08 bits per heavy atom. The topological polar surface area (TPSA) is 107 Å². The Morgan fingerprint density at radius 3 is 2.58 bits per heavy atom. The first kappa shape index (κ1) is 17.8. The summed E-state index contributed by atoms with van der Waals surface area (Å²) in [7, 11) is -4.00. The van der Waals surface area contributed by atoms with Gasteiger partial charge in [0, 0.05) is 18.3 Å². The van der Waals surface area contributed by atoms with Gasteiger partial charge in [-0.15, -0.1) is 0 Å². The lowest BCUT2D eigenvalue weighted by Crippen LogP contribution is -2.30. The number of rotatable bonds is 7. The largest absolute Gasteiger partial charge is 0.468 e. The van der Waals surface area contributed by atoms with Gasteiger partial charge in [-0.05, 0) is 30.3 Å². The molecule has 9 heteroatoms. The molecule has 0 N–H and O–H groups in total. The van der Waals surface area contributed by atoms with E-state index in [2.05, 4.69) is 4.98 Å². The molecule has 2 heterocycles. The molecule has 0 atom stereocenters. The molecule has 0 radical (unpaired) electrons. The summed E-state index contributed by atoms with van der Waals surface area (Å²) in [5, 5.41) is 11.0. The zero-order chi connectivity index (χ0) is 18.6. The fraction of sp³-hybridized carbons (Fsp3) is 0.118. The monoisotopic (exact) mass is 373 g/mol. The molecule has 0 saturated carbocycles. The molecule has 0 unspecified atom stereocenters. The van der Waals surface area contributed by atoms with E-state index in [1.165, 1.54) is 28.8 Å². The highest BCUT2D eigenvalue weighted by Gasteiger charge is 2.27. The van der Waals surface area contributed by atoms with Crippen molar-refractivity contribution < 1.29 is 17.8 Å². The summed E-state index contributed by atoms with van der Waals surface area (Å²) in [4.78, 5) is 14.3. The molecule has 0 saturated heterocycles. The van der Waals surface area contributed by atoms with Gasteiger partial charge < -0.3 is 4.42 Å². The molecule has 0 aliphatic carbocycles. The van der Waals surface area contributed by atoms with E-state index in [-0.39, 0.29) is 23.7 Å². The maximum Gasteiger partial charge on any atom is 0.270 e. The van der Waals surface area contributed by atoms with Crippen LogP contribution in [0.1, 0.15) is 11.5 Å². The summed E-state index contributed by atoms with van der Waals surface area (Å²) in [5.41, 5.74) is 0.259. The molecule has 3 rings (SSSR count). The van der Waals surface area contributed by atoms with E-state index in [1.54, 1.807) is 36.5 Å². The van der Waals surface area contributed by atoms with E-state index < -0.39 is 14.9 Å². The van der Waals surface area contributed by atoms with Gasteiger partial charge in [0.15, 0.2) is 0 Å². The van der Waals surface area contributed by atoms with Gasteiger partial charge in [-0.3, -0.25) is 15.1 Å². The van der Waals surface area contributed by atoms with Crippen molar-refractivity contribution in [3.05, 3.63) is 88.6 Å². The quantitative estimate of drug-likeness (QED) is 0.465. The van der Waals surface area contributed by atoms with Gasteiger partial charge in [0.2, 0.25) is 10.0 Å². The Morgan fingerprint density at radius 2 is 1.92 bits per heavy atom. The van der Waals surface area contributed by atoms with E-state index in [1.807, 2.05) is 0 Å². The predicted octanol–water partition coefficient (Wildman–Crippen LogP) is 2.97. The lowest BCUT2D eigenvalue weighted by Gasteiger charge is -2.21. The molecule has 1 aromatic carbocycles. The van der Waals surface area contributed by atoms with Crippen LogP contribution in [0.3, 0.4) is 0 Å². The standard InChI is InChI=1S/C17H15N3O5S/c21-20(22)15-6-3-8-17(11-15)26(23,24)19(13-16-7-4-10-25-16)12-14-5-1-2-9-18-14/h1-11H,12-13H2. The SMILES string of the molecule is O=[N+]([O-])c1cccc(S(=O)(=O)N(Cc2ccccn2)Cc2ccco2)c1. The third kappa shape index (κ3) is 3.95. The summed E-state index contributed by atoms with van der Waals surface area (Å²) in [6, 6.07) is 13.5. The summed E-state index contributed by atoms with van der Waals surface area (Å²) in [6.45, 7) is -0.0127. The third-order valence-corrected chi connectivity index (χ3v) is 5.43. The lowest BCUT2D eigenvalue weighted by molar-refractivity contribution is -0.385. The number of hydrogen-bond donors (Lipinski definition) is 0. The van der Waals surface area contributed by atoms with Crippen molar-refractivity contribution in [1.82, 2.24) is 9.29 Å². The summed E-state index contributed by atoms with van der Waals surface area (Å²) in [5.74, 6) is 0.454. The zero-order valence-corrected chi connectivity index (χ0v) is 14.4. The summed E-state index contributed by atoms with van der Waals surface area (Å²) >= 11 is 0. The molecule has 26 heavy (non-hydrogen) atoms. The van der Waals surface area contributed by atoms with Crippen molar-refractivity contribution in [2.24, 2.45) is 0 Å². The Bertz CT molecular complexity index is 988. The van der Waals surface area contributed by atoms with Crippen molar-refractivity contribution in [1.29, 1.82) is 0 Å². The van der Waals surface area contributed by atoms with Crippen LogP contribution in [0.2, 0.25) is 0 Å². The minimum absolute atomic E-state index is 0.00651. The number of benzene rings is 1. The molecule has 2 aromatic heterocycles. The molecule has 3 aromatic rings. The van der Waals surface area contributed by atoms with Crippen molar-refractivity contribution in [3.8, 4) is 0 Å². The van der Waals surface area contributed by atoms with Gasteiger partial charge >= 0.3 is 0 Å². The van der Waals surface area contributed by atoms with Crippen LogP contribution in [0.25, 0.3) is 0 Å². The Labute approximate surface area is 149 Å². The van der Waals surface area contributed by atoms with Gasteiger partial charge in [0.05, 0.1) is 34.9 Å². The number of pyridine rings is 1. The minimum Gasteiger partial charge on any atom is -0.468 e. The van der Waals surface area contributed by atoms with E-state index >= 15 is 0 Å². The first-order valence-corrected chi connectivity index (χ1v) is 9.08. The fourth-order valence-corrected chi connectivity index (χ4v) is 3.80. The van der Waals surface area contributed by atoms with Crippen molar-refractivity contribution in [2.75, 3.05) is 0 Å². The number of nitro benzene ring substituents is 1. The van der Waals surface area contributed by atoms with Crippen molar-refractivity contribution >= 4 is 15.7 Å². The highest BCUT2D eigenvalue weighted by Crippen LogP contribution is 2.24. The molecule has 0 bridgehead atoms. The molecular formula is C17H15N3O5S. The molecular weight excluding hydrogens is 358 g/mol.